The van der Waals surface area contributed by atoms with Gasteiger partial charge in [0, 0.05) is 5.56 Å². The number of aliphatic hydroxyl groups is 1. The van der Waals surface area contributed by atoms with Crippen LogP contribution in [-0.4, -0.2) is 10.1 Å². The van der Waals surface area contributed by atoms with E-state index in [0.29, 0.717) is 0 Å². The monoisotopic (exact) mass is 311 g/mol. The summed E-state index contributed by atoms with van der Waals surface area (Å²) in [6.45, 7) is 5.63. The van der Waals surface area contributed by atoms with Crippen molar-refractivity contribution in [2.75, 3.05) is 0 Å². The molecular weight excluding hydrogens is 298 g/mol. The van der Waals surface area contributed by atoms with Gasteiger partial charge in [-0.3, -0.25) is 0 Å². The van der Waals surface area contributed by atoms with E-state index in [1.807, 2.05) is 31.3 Å². The first-order valence-corrected chi connectivity index (χ1v) is 6.94. The van der Waals surface area contributed by atoms with Gasteiger partial charge >= 0.3 is 0 Å². The summed E-state index contributed by atoms with van der Waals surface area (Å²) in [6, 6.07) is 6.00. The molecule has 0 fully saturated rings. The summed E-state index contributed by atoms with van der Waals surface area (Å²) >= 11 is 5.03. The topological polar surface area (TPSA) is 33.1 Å². The van der Waals surface area contributed by atoms with E-state index in [9.17, 15) is 5.11 Å². The smallest absolute Gasteiger partial charge is 0.124 e. The lowest BCUT2D eigenvalue weighted by Gasteiger charge is -2.19. The molecular formula is C13H14BrNOS. The first-order valence-electron chi connectivity index (χ1n) is 5.33. The molecule has 90 valence electrons. The fraction of sp³-hybridized carbons (Fsp3) is 0.308. The Labute approximate surface area is 113 Å². The number of aromatic nitrogens is 1. The highest BCUT2D eigenvalue weighted by Crippen LogP contribution is 2.32. The normalized spacial score (nSPS) is 11.8. The van der Waals surface area contributed by atoms with Crippen molar-refractivity contribution in [1.29, 1.82) is 0 Å². The molecule has 0 atom stereocenters. The molecule has 1 aromatic heterocycles. The minimum Gasteiger partial charge on any atom is -0.386 e. The van der Waals surface area contributed by atoms with E-state index >= 15 is 0 Å². The second-order valence-corrected chi connectivity index (χ2v) is 6.97. The van der Waals surface area contributed by atoms with E-state index in [2.05, 4.69) is 20.9 Å². The van der Waals surface area contributed by atoms with Crippen molar-refractivity contribution in [2.45, 2.75) is 26.4 Å². The third kappa shape index (κ3) is 2.76. The maximum absolute atomic E-state index is 9.96. The molecule has 0 unspecified atom stereocenters. The minimum absolute atomic E-state index is 0.799. The molecule has 0 amide bonds. The molecule has 0 spiro atoms. The second kappa shape index (κ2) is 4.52. The van der Waals surface area contributed by atoms with Gasteiger partial charge in [-0.2, -0.15) is 0 Å². The Hall–Kier alpha value is -0.710. The molecule has 0 saturated heterocycles. The number of halogens is 1. The summed E-state index contributed by atoms with van der Waals surface area (Å²) in [5.41, 5.74) is 2.38. The van der Waals surface area contributed by atoms with E-state index in [-0.39, 0.29) is 0 Å². The predicted octanol–water partition coefficient (Wildman–Crippen LogP) is 4.11. The molecule has 2 nitrogen and oxygen atoms in total. The lowest BCUT2D eigenvalue weighted by molar-refractivity contribution is 0.0785. The van der Waals surface area contributed by atoms with E-state index in [0.717, 1.165) is 25.5 Å². The molecule has 0 radical (unpaired) electrons. The van der Waals surface area contributed by atoms with E-state index < -0.39 is 5.60 Å². The van der Waals surface area contributed by atoms with Crippen molar-refractivity contribution >= 4 is 27.3 Å². The largest absolute Gasteiger partial charge is 0.386 e. The van der Waals surface area contributed by atoms with Crippen molar-refractivity contribution in [2.24, 2.45) is 0 Å². The van der Waals surface area contributed by atoms with Gasteiger partial charge in [-0.1, -0.05) is 18.2 Å². The molecule has 2 aromatic rings. The van der Waals surface area contributed by atoms with Gasteiger partial charge in [0.15, 0.2) is 0 Å². The number of rotatable bonds is 2. The zero-order valence-corrected chi connectivity index (χ0v) is 12.4. The second-order valence-electron chi connectivity index (χ2n) is 4.56. The molecule has 1 N–H and O–H groups in total. The number of hydrogen-bond acceptors (Lipinski definition) is 3. The van der Waals surface area contributed by atoms with Crippen molar-refractivity contribution in [3.8, 4) is 10.6 Å². The van der Waals surface area contributed by atoms with Gasteiger partial charge in [0.25, 0.3) is 0 Å². The Morgan fingerprint density at radius 1 is 1.35 bits per heavy atom. The summed E-state index contributed by atoms with van der Waals surface area (Å²) in [7, 11) is 0. The van der Waals surface area contributed by atoms with E-state index in [1.54, 1.807) is 25.2 Å². The summed E-state index contributed by atoms with van der Waals surface area (Å²) < 4.78 is 1.03. The number of aryl methyl sites for hydroxylation is 1. The van der Waals surface area contributed by atoms with Crippen LogP contribution >= 0.6 is 27.3 Å². The average Bonchev–Trinajstić information content (AvgIpc) is 2.63. The number of nitrogens with zero attached hydrogens (tertiary/aromatic N) is 1. The minimum atomic E-state index is -0.799. The van der Waals surface area contributed by atoms with Crippen molar-refractivity contribution < 1.29 is 5.11 Å². The van der Waals surface area contributed by atoms with Gasteiger partial charge in [-0.15, -0.1) is 11.3 Å². The van der Waals surface area contributed by atoms with E-state index in [1.165, 1.54) is 0 Å². The summed E-state index contributed by atoms with van der Waals surface area (Å²) in [4.78, 5) is 4.35. The standard InChI is InChI=1S/C13H14BrNOS/c1-8-6-9(13(2,3)16)4-5-10(8)12-15-7-11(14)17-12/h4-7,16H,1-3H3. The first kappa shape index (κ1) is 12.7. The van der Waals surface area contributed by atoms with Gasteiger partial charge < -0.3 is 5.11 Å². The lowest BCUT2D eigenvalue weighted by Crippen LogP contribution is -2.15. The fourth-order valence-corrected chi connectivity index (χ4v) is 2.96. The maximum Gasteiger partial charge on any atom is 0.124 e. The molecule has 0 aliphatic rings. The highest BCUT2D eigenvalue weighted by atomic mass is 79.9. The van der Waals surface area contributed by atoms with Crippen LogP contribution in [0.3, 0.4) is 0 Å². The number of hydrogen-bond donors (Lipinski definition) is 1. The molecule has 1 aromatic carbocycles. The van der Waals surface area contributed by atoms with Crippen molar-refractivity contribution in [3.63, 3.8) is 0 Å². The Balaban J connectivity index is 2.45. The third-order valence-corrected chi connectivity index (χ3v) is 4.15. The highest BCUT2D eigenvalue weighted by Gasteiger charge is 2.17. The third-order valence-electron chi connectivity index (χ3n) is 2.64. The Kier molecular flexibility index (Phi) is 3.39. The zero-order valence-electron chi connectivity index (χ0n) is 9.99. The molecule has 17 heavy (non-hydrogen) atoms. The predicted molar refractivity (Wildman–Crippen MR) is 75.2 cm³/mol. The van der Waals surface area contributed by atoms with Crippen LogP contribution in [0.1, 0.15) is 25.0 Å². The Morgan fingerprint density at radius 2 is 2.06 bits per heavy atom. The lowest BCUT2D eigenvalue weighted by atomic mass is 9.95. The summed E-state index contributed by atoms with van der Waals surface area (Å²) in [5, 5.41) is 11.0. The first-order chi connectivity index (χ1) is 7.88. The van der Waals surface area contributed by atoms with Crippen LogP contribution in [0.4, 0.5) is 0 Å². The average molecular weight is 312 g/mol. The summed E-state index contributed by atoms with van der Waals surface area (Å²) in [5.74, 6) is 0. The van der Waals surface area contributed by atoms with Gasteiger partial charge in [0.2, 0.25) is 0 Å². The van der Waals surface area contributed by atoms with Gasteiger partial charge in [-0.05, 0) is 47.8 Å². The van der Waals surface area contributed by atoms with Gasteiger partial charge in [-0.25, -0.2) is 4.98 Å². The maximum atomic E-state index is 9.96. The molecule has 2 rings (SSSR count). The number of benzene rings is 1. The molecule has 0 aliphatic heterocycles. The van der Waals surface area contributed by atoms with Crippen LogP contribution < -0.4 is 0 Å². The van der Waals surface area contributed by atoms with Crippen LogP contribution in [0.2, 0.25) is 0 Å². The van der Waals surface area contributed by atoms with Crippen LogP contribution in [0.5, 0.6) is 0 Å². The van der Waals surface area contributed by atoms with Crippen molar-refractivity contribution in [3.05, 3.63) is 39.3 Å². The Morgan fingerprint density at radius 3 is 2.53 bits per heavy atom. The SMILES string of the molecule is Cc1cc(C(C)(C)O)ccc1-c1ncc(Br)s1. The fourth-order valence-electron chi connectivity index (χ4n) is 1.66. The van der Waals surface area contributed by atoms with Crippen LogP contribution in [-0.2, 0) is 5.60 Å². The molecule has 0 bridgehead atoms. The highest BCUT2D eigenvalue weighted by molar-refractivity contribution is 9.11. The van der Waals surface area contributed by atoms with Gasteiger partial charge in [0.1, 0.15) is 5.01 Å². The molecule has 0 saturated carbocycles. The Bertz CT molecular complexity index is 543. The molecule has 0 aliphatic carbocycles. The van der Waals surface area contributed by atoms with Gasteiger partial charge in [0.05, 0.1) is 15.6 Å². The summed E-state index contributed by atoms with van der Waals surface area (Å²) in [6.07, 6.45) is 1.81. The van der Waals surface area contributed by atoms with Crippen molar-refractivity contribution in [1.82, 2.24) is 4.98 Å². The quantitative estimate of drug-likeness (QED) is 0.905. The van der Waals surface area contributed by atoms with Crippen LogP contribution in [0, 0.1) is 6.92 Å². The van der Waals surface area contributed by atoms with E-state index in [4.69, 9.17) is 0 Å². The molecule has 1 heterocycles. The molecule has 4 heteroatoms. The zero-order chi connectivity index (χ0) is 12.6. The number of thiazole rings is 1. The van der Waals surface area contributed by atoms with Crippen LogP contribution in [0.15, 0.2) is 28.2 Å². The van der Waals surface area contributed by atoms with Crippen LogP contribution in [0.25, 0.3) is 10.6 Å².